The monoisotopic (exact) mass is 278 g/mol. The van der Waals surface area contributed by atoms with Crippen molar-refractivity contribution in [3.05, 3.63) is 17.5 Å². The molecule has 2 heterocycles. The molecule has 2 atom stereocenters. The van der Waals surface area contributed by atoms with Gasteiger partial charge in [-0.2, -0.15) is 5.10 Å². The fraction of sp³-hybridized carbons (Fsp3) is 0.733. The van der Waals surface area contributed by atoms with Crippen molar-refractivity contribution in [2.45, 2.75) is 39.7 Å². The van der Waals surface area contributed by atoms with E-state index in [1.807, 2.05) is 24.9 Å². The van der Waals surface area contributed by atoms with E-state index in [4.69, 9.17) is 0 Å². The number of rotatable bonds is 4. The lowest BCUT2D eigenvalue weighted by molar-refractivity contribution is 0.0634. The van der Waals surface area contributed by atoms with Crippen LogP contribution in [0.2, 0.25) is 0 Å². The highest BCUT2D eigenvalue weighted by Crippen LogP contribution is 2.19. The van der Waals surface area contributed by atoms with E-state index >= 15 is 0 Å². The predicted octanol–water partition coefficient (Wildman–Crippen LogP) is 1.58. The first-order valence-corrected chi connectivity index (χ1v) is 7.56. The van der Waals surface area contributed by atoms with Crippen molar-refractivity contribution < 1.29 is 4.79 Å². The number of nitrogens with zero attached hydrogens (tertiary/aromatic N) is 3. The number of hydrogen-bond donors (Lipinski definition) is 1. The topological polar surface area (TPSA) is 50.2 Å². The minimum atomic E-state index is 0.105. The maximum absolute atomic E-state index is 12.5. The lowest BCUT2D eigenvalue weighted by atomic mass is 9.93. The number of likely N-dealkylation sites (tertiary alicyclic amines) is 1. The van der Waals surface area contributed by atoms with Crippen LogP contribution < -0.4 is 5.32 Å². The average Bonchev–Trinajstić information content (AvgIpc) is 2.75. The van der Waals surface area contributed by atoms with Gasteiger partial charge in [0.05, 0.1) is 5.69 Å². The quantitative estimate of drug-likeness (QED) is 0.909. The second-order valence-electron chi connectivity index (χ2n) is 5.87. The molecule has 1 aromatic rings. The lowest BCUT2D eigenvalue weighted by Gasteiger charge is -2.37. The van der Waals surface area contributed by atoms with Gasteiger partial charge in [-0.25, -0.2) is 0 Å². The Morgan fingerprint density at radius 3 is 2.85 bits per heavy atom. The lowest BCUT2D eigenvalue weighted by Crippen LogP contribution is -2.50. The Labute approximate surface area is 121 Å². The van der Waals surface area contributed by atoms with E-state index in [1.54, 1.807) is 4.68 Å². The maximum Gasteiger partial charge on any atom is 0.272 e. The second-order valence-corrected chi connectivity index (χ2v) is 5.87. The summed E-state index contributed by atoms with van der Waals surface area (Å²) in [5.41, 5.74) is 1.58. The minimum absolute atomic E-state index is 0.105. The van der Waals surface area contributed by atoms with Crippen LogP contribution in [0.25, 0.3) is 0 Å². The molecular weight excluding hydrogens is 252 g/mol. The number of aromatic nitrogens is 2. The van der Waals surface area contributed by atoms with Crippen LogP contribution in [0.5, 0.6) is 0 Å². The molecule has 1 aromatic heterocycles. The van der Waals surface area contributed by atoms with Gasteiger partial charge >= 0.3 is 0 Å². The molecule has 0 radical (unpaired) electrons. The van der Waals surface area contributed by atoms with Gasteiger partial charge in [-0.15, -0.1) is 0 Å². The predicted molar refractivity (Wildman–Crippen MR) is 79.7 cm³/mol. The number of carbonyl (C=O) groups excluding carboxylic acids is 1. The van der Waals surface area contributed by atoms with Crippen LogP contribution in [0.1, 0.15) is 42.9 Å². The van der Waals surface area contributed by atoms with E-state index < -0.39 is 0 Å². The highest BCUT2D eigenvalue weighted by Gasteiger charge is 2.29. The van der Waals surface area contributed by atoms with Crippen molar-refractivity contribution in [1.82, 2.24) is 20.0 Å². The Bertz CT molecular complexity index is 468. The molecule has 1 saturated heterocycles. The van der Waals surface area contributed by atoms with Crippen molar-refractivity contribution in [3.8, 4) is 0 Å². The van der Waals surface area contributed by atoms with Crippen molar-refractivity contribution in [2.75, 3.05) is 19.6 Å². The van der Waals surface area contributed by atoms with Gasteiger partial charge in [0.15, 0.2) is 0 Å². The Hall–Kier alpha value is -1.36. The van der Waals surface area contributed by atoms with Gasteiger partial charge in [-0.3, -0.25) is 9.48 Å². The Morgan fingerprint density at radius 2 is 2.30 bits per heavy atom. The molecule has 1 fully saturated rings. The van der Waals surface area contributed by atoms with Gasteiger partial charge in [0, 0.05) is 26.2 Å². The summed E-state index contributed by atoms with van der Waals surface area (Å²) in [4.78, 5) is 14.5. The fourth-order valence-electron chi connectivity index (χ4n) is 2.94. The third kappa shape index (κ3) is 3.20. The summed E-state index contributed by atoms with van der Waals surface area (Å²) in [5.74, 6) is 0.600. The normalized spacial score (nSPS) is 23.1. The molecule has 5 heteroatoms. The Balaban J connectivity index is 1.98. The zero-order valence-electron chi connectivity index (χ0n) is 13.0. The summed E-state index contributed by atoms with van der Waals surface area (Å²) in [6.45, 7) is 9.03. The van der Waals surface area contributed by atoms with E-state index in [9.17, 15) is 4.79 Å². The zero-order valence-corrected chi connectivity index (χ0v) is 13.0. The molecule has 1 aliphatic rings. The van der Waals surface area contributed by atoms with Crippen LogP contribution in [-0.4, -0.2) is 46.3 Å². The summed E-state index contributed by atoms with van der Waals surface area (Å²) in [7, 11) is 1.83. The maximum atomic E-state index is 12.5. The number of amides is 1. The van der Waals surface area contributed by atoms with Gasteiger partial charge in [0.2, 0.25) is 0 Å². The van der Waals surface area contributed by atoms with E-state index in [0.29, 0.717) is 17.7 Å². The molecule has 1 aliphatic heterocycles. The molecule has 1 N–H and O–H groups in total. The van der Waals surface area contributed by atoms with Crippen molar-refractivity contribution in [1.29, 1.82) is 0 Å². The molecule has 1 amide bonds. The SMILES string of the molecule is CCCNC1CCN(C(=O)c2cc(C)nn2C)CC1C. The standard InChI is InChI=1S/C15H26N4O/c1-5-7-16-13-6-8-19(10-11(13)2)15(20)14-9-12(3)17-18(14)4/h9,11,13,16H,5-8,10H2,1-4H3. The molecule has 0 aliphatic carbocycles. The number of carbonyl (C=O) groups is 1. The highest BCUT2D eigenvalue weighted by molar-refractivity contribution is 5.92. The highest BCUT2D eigenvalue weighted by atomic mass is 16.2. The second kappa shape index (κ2) is 6.39. The van der Waals surface area contributed by atoms with Crippen LogP contribution in [-0.2, 0) is 7.05 Å². The van der Waals surface area contributed by atoms with Crippen LogP contribution in [0, 0.1) is 12.8 Å². The van der Waals surface area contributed by atoms with Crippen LogP contribution >= 0.6 is 0 Å². The summed E-state index contributed by atoms with van der Waals surface area (Å²) in [6.07, 6.45) is 2.18. The fourth-order valence-corrected chi connectivity index (χ4v) is 2.94. The number of hydrogen-bond acceptors (Lipinski definition) is 3. The van der Waals surface area contributed by atoms with Crippen LogP contribution in [0.4, 0.5) is 0 Å². The number of nitrogens with one attached hydrogen (secondary N) is 1. The van der Waals surface area contributed by atoms with Crippen molar-refractivity contribution in [3.63, 3.8) is 0 Å². The van der Waals surface area contributed by atoms with Gasteiger partial charge in [0.25, 0.3) is 5.91 Å². The minimum Gasteiger partial charge on any atom is -0.337 e. The van der Waals surface area contributed by atoms with Gasteiger partial charge in [-0.1, -0.05) is 13.8 Å². The third-order valence-electron chi connectivity index (χ3n) is 4.07. The summed E-state index contributed by atoms with van der Waals surface area (Å²) in [6, 6.07) is 2.40. The molecule has 112 valence electrons. The summed E-state index contributed by atoms with van der Waals surface area (Å²) >= 11 is 0. The molecule has 2 rings (SSSR count). The van der Waals surface area contributed by atoms with Crippen molar-refractivity contribution in [2.24, 2.45) is 13.0 Å². The van der Waals surface area contributed by atoms with E-state index in [2.05, 4.69) is 24.3 Å². The van der Waals surface area contributed by atoms with Gasteiger partial charge in [-0.05, 0) is 38.3 Å². The average molecular weight is 278 g/mol. The smallest absolute Gasteiger partial charge is 0.272 e. The largest absolute Gasteiger partial charge is 0.337 e. The molecule has 2 unspecified atom stereocenters. The Kier molecular flexibility index (Phi) is 4.81. The Morgan fingerprint density at radius 1 is 1.55 bits per heavy atom. The molecular formula is C15H26N4O. The molecule has 0 bridgehead atoms. The van der Waals surface area contributed by atoms with E-state index in [0.717, 1.165) is 38.2 Å². The van der Waals surface area contributed by atoms with E-state index in [1.165, 1.54) is 0 Å². The van der Waals surface area contributed by atoms with Crippen molar-refractivity contribution >= 4 is 5.91 Å². The van der Waals surface area contributed by atoms with Gasteiger partial charge in [0.1, 0.15) is 5.69 Å². The summed E-state index contributed by atoms with van der Waals surface area (Å²) in [5, 5.41) is 7.84. The number of piperidine rings is 1. The summed E-state index contributed by atoms with van der Waals surface area (Å²) < 4.78 is 1.68. The van der Waals surface area contributed by atoms with Crippen LogP contribution in [0.3, 0.4) is 0 Å². The molecule has 20 heavy (non-hydrogen) atoms. The van der Waals surface area contributed by atoms with Crippen LogP contribution in [0.15, 0.2) is 6.07 Å². The zero-order chi connectivity index (χ0) is 14.7. The first-order valence-electron chi connectivity index (χ1n) is 7.56. The third-order valence-corrected chi connectivity index (χ3v) is 4.07. The molecule has 0 spiro atoms. The van der Waals surface area contributed by atoms with E-state index in [-0.39, 0.29) is 5.91 Å². The molecule has 5 nitrogen and oxygen atoms in total. The molecule has 0 aromatic carbocycles. The number of aryl methyl sites for hydroxylation is 2. The first-order chi connectivity index (χ1) is 9.52. The molecule has 0 saturated carbocycles. The first kappa shape index (κ1) is 15.0. The van der Waals surface area contributed by atoms with Gasteiger partial charge < -0.3 is 10.2 Å².